The third kappa shape index (κ3) is 6.89. The maximum Gasteiger partial charge on any atom is 0.243 e. The zero-order chi connectivity index (χ0) is 22.3. The molecule has 0 aromatic heterocycles. The summed E-state index contributed by atoms with van der Waals surface area (Å²) in [6.45, 7) is 4.80. The van der Waals surface area contributed by atoms with Gasteiger partial charge in [-0.15, -0.1) is 17.0 Å². The molecule has 1 amide bonds. The molecule has 1 atom stereocenters. The Morgan fingerprint density at radius 1 is 1.16 bits per heavy atom. The number of benzene rings is 2. The number of rotatable bonds is 10. The summed E-state index contributed by atoms with van der Waals surface area (Å²) >= 11 is 0. The molecule has 9 nitrogen and oxygen atoms in total. The van der Waals surface area contributed by atoms with Crippen molar-refractivity contribution in [2.45, 2.75) is 37.6 Å². The Balaban J connectivity index is 0.00000480. The summed E-state index contributed by atoms with van der Waals surface area (Å²) in [5.74, 6) is -0.322. The molecule has 2 aromatic rings. The first-order valence-electron chi connectivity index (χ1n) is 9.85. The van der Waals surface area contributed by atoms with E-state index < -0.39 is 16.1 Å². The number of nitrogens with zero attached hydrogens (tertiary/aromatic N) is 2. The maximum absolute atomic E-state index is 12.9. The Labute approximate surface area is 193 Å². The van der Waals surface area contributed by atoms with Crippen molar-refractivity contribution in [1.29, 1.82) is 0 Å². The standard InChI is InChI=1S/C20H30N6O3S.BrH/c1-3-26(4-2)30(28,29)18-9-5-7-14-13-15(10-11-16(14)18)25-19(27)17(21)8-6-12-24-20(22)23;/h5,7,9-11,13,17H,3-4,6,8,12,21H2,1-2H3,(H,25,27)(H4,22,23,24);1H. The van der Waals surface area contributed by atoms with Crippen LogP contribution in [0.15, 0.2) is 46.3 Å². The Bertz CT molecular complexity index is 1020. The van der Waals surface area contributed by atoms with Crippen LogP contribution in [0.5, 0.6) is 0 Å². The maximum atomic E-state index is 12.9. The smallest absolute Gasteiger partial charge is 0.243 e. The van der Waals surface area contributed by atoms with Gasteiger partial charge in [-0.1, -0.05) is 32.0 Å². The van der Waals surface area contributed by atoms with Crippen LogP contribution >= 0.6 is 17.0 Å². The van der Waals surface area contributed by atoms with E-state index in [-0.39, 0.29) is 33.7 Å². The molecular weight excluding hydrogens is 484 g/mol. The average molecular weight is 515 g/mol. The molecule has 0 aliphatic rings. The number of carbonyl (C=O) groups is 1. The molecule has 0 bridgehead atoms. The van der Waals surface area contributed by atoms with Crippen LogP contribution in [0.2, 0.25) is 0 Å². The third-order valence-corrected chi connectivity index (χ3v) is 6.84. The number of sulfonamides is 1. The Morgan fingerprint density at radius 2 is 1.84 bits per heavy atom. The van der Waals surface area contributed by atoms with E-state index in [4.69, 9.17) is 17.2 Å². The van der Waals surface area contributed by atoms with Crippen molar-refractivity contribution in [2.75, 3.05) is 25.0 Å². The normalized spacial score (nSPS) is 12.3. The second kappa shape index (κ2) is 12.0. The predicted molar refractivity (Wildman–Crippen MR) is 131 cm³/mol. The highest BCUT2D eigenvalue weighted by atomic mass is 79.9. The number of fused-ring (bicyclic) bond motifs is 1. The fourth-order valence-electron chi connectivity index (χ4n) is 3.14. The highest BCUT2D eigenvalue weighted by Gasteiger charge is 2.23. The van der Waals surface area contributed by atoms with Gasteiger partial charge in [0.1, 0.15) is 0 Å². The molecule has 0 fully saturated rings. The first kappa shape index (κ1) is 26.8. The van der Waals surface area contributed by atoms with Crippen molar-refractivity contribution in [3.8, 4) is 0 Å². The van der Waals surface area contributed by atoms with Crippen molar-refractivity contribution >= 4 is 55.3 Å². The van der Waals surface area contributed by atoms with Gasteiger partial charge in [-0.3, -0.25) is 9.79 Å². The highest BCUT2D eigenvalue weighted by molar-refractivity contribution is 8.93. The number of carbonyl (C=O) groups excluding carboxylic acids is 1. The largest absolute Gasteiger partial charge is 0.370 e. The second-order valence-corrected chi connectivity index (χ2v) is 8.73. The lowest BCUT2D eigenvalue weighted by molar-refractivity contribution is -0.117. The minimum Gasteiger partial charge on any atom is -0.370 e. The van der Waals surface area contributed by atoms with Crippen LogP contribution in [0.1, 0.15) is 26.7 Å². The molecule has 1 unspecified atom stereocenters. The van der Waals surface area contributed by atoms with E-state index in [1.807, 2.05) is 0 Å². The summed E-state index contributed by atoms with van der Waals surface area (Å²) in [5, 5.41) is 4.09. The molecule has 0 heterocycles. The fraction of sp³-hybridized carbons (Fsp3) is 0.400. The number of nitrogens with one attached hydrogen (secondary N) is 1. The van der Waals surface area contributed by atoms with E-state index in [0.717, 1.165) is 0 Å². The first-order valence-corrected chi connectivity index (χ1v) is 11.3. The van der Waals surface area contributed by atoms with E-state index in [1.54, 1.807) is 50.2 Å². The van der Waals surface area contributed by atoms with Gasteiger partial charge in [0.15, 0.2) is 5.96 Å². The number of anilines is 1. The molecule has 0 saturated heterocycles. The van der Waals surface area contributed by atoms with Gasteiger partial charge in [-0.2, -0.15) is 4.31 Å². The first-order chi connectivity index (χ1) is 14.2. The number of nitrogens with two attached hydrogens (primary N) is 3. The average Bonchev–Trinajstić information content (AvgIpc) is 2.70. The van der Waals surface area contributed by atoms with Gasteiger partial charge in [-0.25, -0.2) is 8.42 Å². The number of guanidine groups is 1. The molecule has 172 valence electrons. The van der Waals surface area contributed by atoms with Crippen LogP contribution in [0.4, 0.5) is 5.69 Å². The molecule has 0 aliphatic heterocycles. The van der Waals surface area contributed by atoms with E-state index >= 15 is 0 Å². The third-order valence-electron chi connectivity index (χ3n) is 4.74. The number of hydrogen-bond donors (Lipinski definition) is 4. The molecule has 0 spiro atoms. The molecule has 11 heteroatoms. The Kier molecular flexibility index (Phi) is 10.4. The highest BCUT2D eigenvalue weighted by Crippen LogP contribution is 2.28. The lowest BCUT2D eigenvalue weighted by Gasteiger charge is -2.20. The summed E-state index contributed by atoms with van der Waals surface area (Å²) < 4.78 is 27.3. The summed E-state index contributed by atoms with van der Waals surface area (Å²) in [6.07, 6.45) is 1.01. The van der Waals surface area contributed by atoms with Crippen LogP contribution in [0.3, 0.4) is 0 Å². The van der Waals surface area contributed by atoms with E-state index in [2.05, 4.69) is 10.3 Å². The van der Waals surface area contributed by atoms with Crippen molar-refractivity contribution in [1.82, 2.24) is 4.31 Å². The predicted octanol–water partition coefficient (Wildman–Crippen LogP) is 1.77. The van der Waals surface area contributed by atoms with E-state index in [9.17, 15) is 13.2 Å². The summed E-state index contributed by atoms with van der Waals surface area (Å²) in [5.41, 5.74) is 17.0. The van der Waals surface area contributed by atoms with Crippen LogP contribution in [0.25, 0.3) is 10.8 Å². The Morgan fingerprint density at radius 3 is 2.45 bits per heavy atom. The number of hydrogen-bond acceptors (Lipinski definition) is 5. The van der Waals surface area contributed by atoms with Crippen molar-refractivity contribution < 1.29 is 13.2 Å². The molecule has 2 aromatic carbocycles. The number of amides is 1. The summed E-state index contributed by atoms with van der Waals surface area (Å²) in [6, 6.07) is 9.51. The van der Waals surface area contributed by atoms with Crippen LogP contribution in [0, 0.1) is 0 Å². The Hall–Kier alpha value is -2.21. The van der Waals surface area contributed by atoms with Gasteiger partial charge < -0.3 is 22.5 Å². The van der Waals surface area contributed by atoms with Gasteiger partial charge in [-0.05, 0) is 36.4 Å². The van der Waals surface area contributed by atoms with Gasteiger partial charge >= 0.3 is 0 Å². The minimum absolute atomic E-state index is 0. The molecule has 0 saturated carbocycles. The molecule has 31 heavy (non-hydrogen) atoms. The molecule has 2 rings (SSSR count). The lowest BCUT2D eigenvalue weighted by atomic mass is 10.1. The quantitative estimate of drug-likeness (QED) is 0.215. The van der Waals surface area contributed by atoms with Crippen LogP contribution < -0.4 is 22.5 Å². The molecule has 0 radical (unpaired) electrons. The van der Waals surface area contributed by atoms with Crippen LogP contribution in [-0.4, -0.2) is 50.3 Å². The molecule has 0 aliphatic carbocycles. The van der Waals surface area contributed by atoms with Crippen molar-refractivity contribution in [3.63, 3.8) is 0 Å². The van der Waals surface area contributed by atoms with E-state index in [1.165, 1.54) is 4.31 Å². The number of halogens is 1. The fourth-order valence-corrected chi connectivity index (χ4v) is 4.82. The van der Waals surface area contributed by atoms with Gasteiger partial charge in [0.05, 0.1) is 10.9 Å². The molecule has 7 N–H and O–H groups in total. The zero-order valence-electron chi connectivity index (χ0n) is 17.7. The SMILES string of the molecule is Br.CCN(CC)S(=O)(=O)c1cccc2cc(NC(=O)C(N)CCCN=C(N)N)ccc12. The van der Waals surface area contributed by atoms with E-state index in [0.29, 0.717) is 48.9 Å². The lowest BCUT2D eigenvalue weighted by Crippen LogP contribution is -2.35. The monoisotopic (exact) mass is 514 g/mol. The van der Waals surface area contributed by atoms with Gasteiger partial charge in [0, 0.05) is 30.7 Å². The summed E-state index contributed by atoms with van der Waals surface area (Å²) in [4.78, 5) is 16.5. The zero-order valence-corrected chi connectivity index (χ0v) is 20.3. The van der Waals surface area contributed by atoms with Crippen molar-refractivity contribution in [2.24, 2.45) is 22.2 Å². The van der Waals surface area contributed by atoms with Gasteiger partial charge in [0.25, 0.3) is 0 Å². The van der Waals surface area contributed by atoms with Gasteiger partial charge in [0.2, 0.25) is 15.9 Å². The second-order valence-electron chi connectivity index (χ2n) is 6.83. The topological polar surface area (TPSA) is 157 Å². The van der Waals surface area contributed by atoms with Crippen LogP contribution in [-0.2, 0) is 14.8 Å². The number of aliphatic imine (C=N–C) groups is 1. The minimum atomic E-state index is -3.60. The molecular formula is C20H31BrN6O3S. The summed E-state index contributed by atoms with van der Waals surface area (Å²) in [7, 11) is -3.60. The van der Waals surface area contributed by atoms with Crippen molar-refractivity contribution in [3.05, 3.63) is 36.4 Å².